The van der Waals surface area contributed by atoms with Crippen LogP contribution in [0.3, 0.4) is 0 Å². The Morgan fingerprint density at radius 3 is 2.25 bits per heavy atom. The minimum absolute atomic E-state index is 0.0525. The van der Waals surface area contributed by atoms with Gasteiger partial charge in [0.05, 0.1) is 18.2 Å². The Labute approximate surface area is 218 Å². The molecule has 1 aromatic carbocycles. The maximum absolute atomic E-state index is 13.6. The molecule has 0 saturated heterocycles. The second kappa shape index (κ2) is 11.6. The van der Waals surface area contributed by atoms with E-state index in [1.165, 1.54) is 15.8 Å². The molecule has 0 spiro atoms. The van der Waals surface area contributed by atoms with Crippen molar-refractivity contribution in [2.24, 2.45) is 7.05 Å². The Kier molecular flexibility index (Phi) is 8.35. The number of thiophene rings is 2. The average Bonchev–Trinajstić information content (AvgIpc) is 3.58. The lowest BCUT2D eigenvalue weighted by molar-refractivity contribution is 0.0514. The van der Waals surface area contributed by atoms with Gasteiger partial charge in [0.1, 0.15) is 6.61 Å². The third-order valence-corrected chi connectivity index (χ3v) is 7.70. The van der Waals surface area contributed by atoms with Crippen LogP contribution in [0.5, 0.6) is 5.75 Å². The molecule has 4 aromatic rings. The molecule has 1 amide bonds. The number of aromatic nitrogens is 2. The number of amides is 1. The van der Waals surface area contributed by atoms with E-state index in [1.807, 2.05) is 79.2 Å². The van der Waals surface area contributed by atoms with Crippen LogP contribution in [0.1, 0.15) is 45.6 Å². The van der Waals surface area contributed by atoms with Gasteiger partial charge in [-0.15, -0.1) is 22.7 Å². The maximum Gasteiger partial charge on any atom is 0.278 e. The molecule has 7 nitrogen and oxygen atoms in total. The van der Waals surface area contributed by atoms with Crippen molar-refractivity contribution in [3.8, 4) is 5.75 Å². The van der Waals surface area contributed by atoms with Gasteiger partial charge in [0.15, 0.2) is 11.4 Å². The lowest BCUT2D eigenvalue weighted by Gasteiger charge is -2.31. The first kappa shape index (κ1) is 25.8. The van der Waals surface area contributed by atoms with E-state index >= 15 is 0 Å². The van der Waals surface area contributed by atoms with E-state index in [0.29, 0.717) is 0 Å². The monoisotopic (exact) mass is 523 g/mol. The lowest BCUT2D eigenvalue weighted by atomic mass is 9.97. The number of carbonyl (C=O) groups excluding carboxylic acids is 1. The molecular formula is C27H29N3O4S2. The molecule has 0 saturated carbocycles. The summed E-state index contributed by atoms with van der Waals surface area (Å²) < 4.78 is 7.17. The van der Waals surface area contributed by atoms with Crippen LogP contribution in [-0.2, 0) is 13.7 Å². The van der Waals surface area contributed by atoms with Gasteiger partial charge in [-0.05, 0) is 42.3 Å². The summed E-state index contributed by atoms with van der Waals surface area (Å²) in [5.74, 6) is -0.750. The molecule has 0 bridgehead atoms. The number of ether oxygens (including phenoxy) is 1. The number of hydrogen-bond acceptors (Lipinski definition) is 7. The zero-order chi connectivity index (χ0) is 25.7. The number of nitrogens with zero attached hydrogens (tertiary/aromatic N) is 3. The summed E-state index contributed by atoms with van der Waals surface area (Å²) in [5, 5.41) is 19.5. The zero-order valence-electron chi connectivity index (χ0n) is 20.4. The molecule has 1 N–H and O–H groups in total. The van der Waals surface area contributed by atoms with Gasteiger partial charge in [-0.1, -0.05) is 42.5 Å². The highest BCUT2D eigenvalue weighted by atomic mass is 32.1. The minimum atomic E-state index is -0.866. The van der Waals surface area contributed by atoms with Crippen molar-refractivity contribution in [2.75, 3.05) is 6.54 Å². The summed E-state index contributed by atoms with van der Waals surface area (Å²) in [6, 6.07) is 17.1. The zero-order valence-corrected chi connectivity index (χ0v) is 22.0. The predicted octanol–water partition coefficient (Wildman–Crippen LogP) is 4.53. The van der Waals surface area contributed by atoms with E-state index < -0.39 is 17.4 Å². The van der Waals surface area contributed by atoms with Crippen LogP contribution < -0.4 is 10.2 Å². The fourth-order valence-electron chi connectivity index (χ4n) is 3.98. The Hall–Kier alpha value is -3.27. The topological polar surface area (TPSA) is 84.7 Å². The number of rotatable bonds is 10. The van der Waals surface area contributed by atoms with Crippen molar-refractivity contribution in [3.05, 3.63) is 103 Å². The molecule has 0 aliphatic carbocycles. The molecule has 0 fully saturated rings. The molecule has 9 heteroatoms. The van der Waals surface area contributed by atoms with Crippen molar-refractivity contribution < 1.29 is 14.6 Å². The first-order chi connectivity index (χ1) is 17.3. The highest BCUT2D eigenvalue weighted by molar-refractivity contribution is 7.11. The predicted molar refractivity (Wildman–Crippen MR) is 143 cm³/mol. The molecule has 1 unspecified atom stereocenters. The number of aryl methyl sites for hydroxylation is 1. The molecule has 188 valence electrons. The summed E-state index contributed by atoms with van der Waals surface area (Å²) >= 11 is 3.14. The normalized spacial score (nSPS) is 12.2. The van der Waals surface area contributed by atoms with Crippen LogP contribution in [-0.4, -0.2) is 44.4 Å². The fraction of sp³-hybridized carbons (Fsp3) is 0.296. The molecule has 0 aliphatic heterocycles. The van der Waals surface area contributed by atoms with Crippen LogP contribution in [0.2, 0.25) is 0 Å². The van der Waals surface area contributed by atoms with Gasteiger partial charge in [-0.3, -0.25) is 14.3 Å². The summed E-state index contributed by atoms with van der Waals surface area (Å²) in [7, 11) is 1.64. The third kappa shape index (κ3) is 5.92. The van der Waals surface area contributed by atoms with E-state index in [4.69, 9.17) is 4.74 Å². The number of hydrogen-bond donors (Lipinski definition) is 1. The minimum Gasteiger partial charge on any atom is -0.483 e. The van der Waals surface area contributed by atoms with Crippen molar-refractivity contribution in [1.82, 2.24) is 14.7 Å². The Bertz CT molecular complexity index is 1280. The average molecular weight is 524 g/mol. The van der Waals surface area contributed by atoms with Crippen LogP contribution >= 0.6 is 22.7 Å². The van der Waals surface area contributed by atoms with E-state index in [-0.39, 0.29) is 36.6 Å². The third-order valence-electron chi connectivity index (χ3n) is 5.79. The summed E-state index contributed by atoms with van der Waals surface area (Å²) in [6.45, 7) is 3.97. The van der Waals surface area contributed by atoms with E-state index in [1.54, 1.807) is 29.7 Å². The molecule has 0 radical (unpaired) electrons. The highest BCUT2D eigenvalue weighted by Crippen LogP contribution is 2.34. The van der Waals surface area contributed by atoms with Crippen molar-refractivity contribution >= 4 is 28.6 Å². The number of benzene rings is 1. The van der Waals surface area contributed by atoms with Gasteiger partial charge in [-0.25, -0.2) is 0 Å². The largest absolute Gasteiger partial charge is 0.483 e. The van der Waals surface area contributed by atoms with Crippen molar-refractivity contribution in [2.45, 2.75) is 38.5 Å². The quantitative estimate of drug-likeness (QED) is 0.330. The van der Waals surface area contributed by atoms with Gasteiger partial charge in [0.25, 0.3) is 11.3 Å². The standard InChI is InChI=1S/C27H29N3O4S2/c1-18(2)30(15-20(31)24(22-11-7-13-35-22)23-12-8-14-36-23)27(33)25-26(32)21(16-29(3)28-25)34-17-19-9-5-4-6-10-19/h4-14,16,18,20,24,31H,15,17H2,1-3H3. The SMILES string of the molecule is CC(C)N(CC(O)C(c1cccs1)c1cccs1)C(=O)c1nn(C)cc(OCc2ccccc2)c1=O. The number of aliphatic hydroxyl groups is 1. The molecule has 1 atom stereocenters. The lowest BCUT2D eigenvalue weighted by Crippen LogP contribution is -2.45. The van der Waals surface area contributed by atoms with Gasteiger partial charge < -0.3 is 14.7 Å². The van der Waals surface area contributed by atoms with Gasteiger partial charge >= 0.3 is 0 Å². The molecule has 0 aliphatic rings. The Morgan fingerprint density at radius 1 is 1.06 bits per heavy atom. The Morgan fingerprint density at radius 2 is 1.69 bits per heavy atom. The summed E-state index contributed by atoms with van der Waals surface area (Å²) in [5.41, 5.74) is 0.111. The molecule has 3 aromatic heterocycles. The molecule has 4 rings (SSSR count). The smallest absolute Gasteiger partial charge is 0.278 e. The molecule has 36 heavy (non-hydrogen) atoms. The van der Waals surface area contributed by atoms with Gasteiger partial charge in [-0.2, -0.15) is 5.10 Å². The second-order valence-electron chi connectivity index (χ2n) is 8.75. The van der Waals surface area contributed by atoms with E-state index in [9.17, 15) is 14.7 Å². The van der Waals surface area contributed by atoms with Crippen LogP contribution in [0.25, 0.3) is 0 Å². The Balaban J connectivity index is 1.59. The van der Waals surface area contributed by atoms with Crippen LogP contribution in [0.15, 0.2) is 76.3 Å². The van der Waals surface area contributed by atoms with Crippen LogP contribution in [0, 0.1) is 0 Å². The maximum atomic E-state index is 13.6. The first-order valence-corrected chi connectivity index (χ1v) is 13.4. The first-order valence-electron chi connectivity index (χ1n) is 11.7. The van der Waals surface area contributed by atoms with Crippen LogP contribution in [0.4, 0.5) is 0 Å². The molecular weight excluding hydrogens is 494 g/mol. The van der Waals surface area contributed by atoms with Gasteiger partial charge in [0.2, 0.25) is 0 Å². The van der Waals surface area contributed by atoms with E-state index in [2.05, 4.69) is 5.10 Å². The highest BCUT2D eigenvalue weighted by Gasteiger charge is 2.32. The second-order valence-corrected chi connectivity index (χ2v) is 10.7. The van der Waals surface area contributed by atoms with Gasteiger partial charge in [0, 0.05) is 29.4 Å². The summed E-state index contributed by atoms with van der Waals surface area (Å²) in [4.78, 5) is 30.3. The molecule has 3 heterocycles. The number of aliphatic hydroxyl groups excluding tert-OH is 1. The van der Waals surface area contributed by atoms with Crippen molar-refractivity contribution in [3.63, 3.8) is 0 Å². The number of carbonyl (C=O) groups is 1. The van der Waals surface area contributed by atoms with Crippen molar-refractivity contribution in [1.29, 1.82) is 0 Å². The fourth-order valence-corrected chi connectivity index (χ4v) is 5.86. The van der Waals surface area contributed by atoms with E-state index in [0.717, 1.165) is 15.3 Å². The summed E-state index contributed by atoms with van der Waals surface area (Å²) in [6.07, 6.45) is 0.607.